The fourth-order valence-electron chi connectivity index (χ4n) is 2.92. The standard InChI is InChI=1S/C18H22N2O2/c1-22-17-7-6-14-9-13(4-5-15(14)10-17)11-20-18(21)16-3-2-8-19-12-16/h4-7,9-10,16,19H,2-3,8,11-12H2,1H3,(H,20,21). The number of carbonyl (C=O) groups is 1. The largest absolute Gasteiger partial charge is 0.497 e. The SMILES string of the molecule is COc1ccc2cc(CNC(=O)C3CCCNC3)ccc2c1. The van der Waals surface area contributed by atoms with Gasteiger partial charge in [0.05, 0.1) is 13.0 Å². The Labute approximate surface area is 130 Å². The van der Waals surface area contributed by atoms with Crippen LogP contribution in [0.5, 0.6) is 5.75 Å². The molecule has 1 atom stereocenters. The monoisotopic (exact) mass is 298 g/mol. The quantitative estimate of drug-likeness (QED) is 0.911. The molecule has 2 aromatic rings. The van der Waals surface area contributed by atoms with Crippen molar-refractivity contribution >= 4 is 16.7 Å². The first-order valence-electron chi connectivity index (χ1n) is 7.81. The molecule has 2 aromatic carbocycles. The smallest absolute Gasteiger partial charge is 0.224 e. The molecule has 1 heterocycles. The molecule has 0 bridgehead atoms. The number of benzene rings is 2. The van der Waals surface area contributed by atoms with Crippen LogP contribution in [0.1, 0.15) is 18.4 Å². The zero-order valence-electron chi connectivity index (χ0n) is 12.9. The summed E-state index contributed by atoms with van der Waals surface area (Å²) in [4.78, 5) is 12.2. The topological polar surface area (TPSA) is 50.4 Å². The van der Waals surface area contributed by atoms with Crippen LogP contribution in [0, 0.1) is 5.92 Å². The molecule has 1 fully saturated rings. The fourth-order valence-corrected chi connectivity index (χ4v) is 2.92. The molecule has 0 radical (unpaired) electrons. The maximum atomic E-state index is 12.2. The molecule has 0 saturated carbocycles. The zero-order valence-corrected chi connectivity index (χ0v) is 12.9. The Bertz CT molecular complexity index is 663. The van der Waals surface area contributed by atoms with Gasteiger partial charge >= 0.3 is 0 Å². The van der Waals surface area contributed by atoms with E-state index in [2.05, 4.69) is 28.8 Å². The molecule has 0 spiro atoms. The van der Waals surface area contributed by atoms with E-state index in [-0.39, 0.29) is 11.8 Å². The molecule has 0 aliphatic carbocycles. The van der Waals surface area contributed by atoms with Gasteiger partial charge < -0.3 is 15.4 Å². The number of fused-ring (bicyclic) bond motifs is 1. The summed E-state index contributed by atoms with van der Waals surface area (Å²) in [6, 6.07) is 12.3. The van der Waals surface area contributed by atoms with Crippen molar-refractivity contribution in [3.63, 3.8) is 0 Å². The maximum absolute atomic E-state index is 12.2. The van der Waals surface area contributed by atoms with Gasteiger partial charge in [0.25, 0.3) is 0 Å². The Morgan fingerprint density at radius 2 is 2.09 bits per heavy atom. The van der Waals surface area contributed by atoms with E-state index in [9.17, 15) is 4.79 Å². The Balaban J connectivity index is 1.65. The highest BCUT2D eigenvalue weighted by Gasteiger charge is 2.20. The minimum atomic E-state index is 0.110. The highest BCUT2D eigenvalue weighted by Crippen LogP contribution is 2.22. The van der Waals surface area contributed by atoms with E-state index >= 15 is 0 Å². The minimum Gasteiger partial charge on any atom is -0.497 e. The Kier molecular flexibility index (Phi) is 4.59. The number of methoxy groups -OCH3 is 1. The van der Waals surface area contributed by atoms with Crippen molar-refractivity contribution < 1.29 is 9.53 Å². The van der Waals surface area contributed by atoms with Gasteiger partial charge in [0.1, 0.15) is 5.75 Å². The van der Waals surface area contributed by atoms with Crippen molar-refractivity contribution in [3.05, 3.63) is 42.0 Å². The highest BCUT2D eigenvalue weighted by atomic mass is 16.5. The highest BCUT2D eigenvalue weighted by molar-refractivity contribution is 5.85. The molecule has 1 aliphatic rings. The van der Waals surface area contributed by atoms with Crippen LogP contribution in [0.15, 0.2) is 36.4 Å². The van der Waals surface area contributed by atoms with Gasteiger partial charge in [-0.2, -0.15) is 0 Å². The normalized spacial score (nSPS) is 18.1. The maximum Gasteiger partial charge on any atom is 0.224 e. The summed E-state index contributed by atoms with van der Waals surface area (Å²) < 4.78 is 5.24. The van der Waals surface area contributed by atoms with E-state index in [0.717, 1.165) is 48.0 Å². The van der Waals surface area contributed by atoms with Crippen molar-refractivity contribution in [1.29, 1.82) is 0 Å². The van der Waals surface area contributed by atoms with Gasteiger partial charge in [0.15, 0.2) is 0 Å². The third kappa shape index (κ3) is 3.39. The van der Waals surface area contributed by atoms with Crippen molar-refractivity contribution in [3.8, 4) is 5.75 Å². The lowest BCUT2D eigenvalue weighted by molar-refractivity contribution is -0.125. The van der Waals surface area contributed by atoms with E-state index < -0.39 is 0 Å². The van der Waals surface area contributed by atoms with Crippen LogP contribution >= 0.6 is 0 Å². The Morgan fingerprint density at radius 1 is 1.27 bits per heavy atom. The number of piperidine rings is 1. The second-order valence-electron chi connectivity index (χ2n) is 5.81. The molecule has 1 amide bonds. The van der Waals surface area contributed by atoms with Crippen LogP contribution in [0.2, 0.25) is 0 Å². The van der Waals surface area contributed by atoms with Gasteiger partial charge in [-0.1, -0.05) is 18.2 Å². The Hall–Kier alpha value is -2.07. The van der Waals surface area contributed by atoms with Crippen LogP contribution in [-0.2, 0) is 11.3 Å². The lowest BCUT2D eigenvalue weighted by Gasteiger charge is -2.21. The zero-order chi connectivity index (χ0) is 15.4. The first-order chi connectivity index (χ1) is 10.8. The number of ether oxygens (including phenoxy) is 1. The van der Waals surface area contributed by atoms with E-state index in [1.54, 1.807) is 7.11 Å². The van der Waals surface area contributed by atoms with Crippen LogP contribution in [-0.4, -0.2) is 26.1 Å². The predicted octanol–water partition coefficient (Wildman–Crippen LogP) is 2.46. The molecule has 0 aromatic heterocycles. The number of amides is 1. The molecule has 4 heteroatoms. The molecular weight excluding hydrogens is 276 g/mol. The van der Waals surface area contributed by atoms with Crippen LogP contribution < -0.4 is 15.4 Å². The first kappa shape index (κ1) is 14.9. The van der Waals surface area contributed by atoms with Gasteiger partial charge in [-0.25, -0.2) is 0 Å². The number of hydrogen-bond donors (Lipinski definition) is 2. The number of nitrogens with one attached hydrogen (secondary N) is 2. The number of rotatable bonds is 4. The van der Waals surface area contributed by atoms with E-state index in [0.29, 0.717) is 6.54 Å². The molecule has 22 heavy (non-hydrogen) atoms. The second kappa shape index (κ2) is 6.79. The Morgan fingerprint density at radius 3 is 2.86 bits per heavy atom. The summed E-state index contributed by atoms with van der Waals surface area (Å²) in [6.07, 6.45) is 2.06. The van der Waals surface area contributed by atoms with Gasteiger partial charge in [0.2, 0.25) is 5.91 Å². The van der Waals surface area contributed by atoms with E-state index in [1.165, 1.54) is 0 Å². The molecule has 116 valence electrons. The molecule has 2 N–H and O–H groups in total. The van der Waals surface area contributed by atoms with Crippen molar-refractivity contribution in [2.24, 2.45) is 5.92 Å². The second-order valence-corrected chi connectivity index (χ2v) is 5.81. The van der Waals surface area contributed by atoms with Crippen LogP contribution in [0.25, 0.3) is 10.8 Å². The average molecular weight is 298 g/mol. The summed E-state index contributed by atoms with van der Waals surface area (Å²) in [5.74, 6) is 1.12. The van der Waals surface area contributed by atoms with Crippen molar-refractivity contribution in [2.75, 3.05) is 20.2 Å². The summed E-state index contributed by atoms with van der Waals surface area (Å²) in [5.41, 5.74) is 1.12. The van der Waals surface area contributed by atoms with Crippen molar-refractivity contribution in [1.82, 2.24) is 10.6 Å². The molecule has 1 aliphatic heterocycles. The molecule has 1 saturated heterocycles. The predicted molar refractivity (Wildman–Crippen MR) is 87.9 cm³/mol. The van der Waals surface area contributed by atoms with Crippen LogP contribution in [0.3, 0.4) is 0 Å². The summed E-state index contributed by atoms with van der Waals surface area (Å²) in [7, 11) is 1.67. The third-order valence-electron chi connectivity index (χ3n) is 4.25. The van der Waals surface area contributed by atoms with Crippen LogP contribution in [0.4, 0.5) is 0 Å². The summed E-state index contributed by atoms with van der Waals surface area (Å²) in [5, 5.41) is 8.63. The molecule has 4 nitrogen and oxygen atoms in total. The molecule has 1 unspecified atom stereocenters. The summed E-state index contributed by atoms with van der Waals surface area (Å²) in [6.45, 7) is 2.40. The minimum absolute atomic E-state index is 0.110. The van der Waals surface area contributed by atoms with E-state index in [4.69, 9.17) is 4.74 Å². The lowest BCUT2D eigenvalue weighted by atomic mass is 9.98. The summed E-state index contributed by atoms with van der Waals surface area (Å²) >= 11 is 0. The first-order valence-corrected chi connectivity index (χ1v) is 7.81. The average Bonchev–Trinajstić information content (AvgIpc) is 2.59. The fraction of sp³-hybridized carbons (Fsp3) is 0.389. The van der Waals surface area contributed by atoms with Gasteiger partial charge in [-0.3, -0.25) is 4.79 Å². The van der Waals surface area contributed by atoms with Crippen molar-refractivity contribution in [2.45, 2.75) is 19.4 Å². The lowest BCUT2D eigenvalue weighted by Crippen LogP contribution is -2.40. The number of hydrogen-bond acceptors (Lipinski definition) is 3. The third-order valence-corrected chi connectivity index (χ3v) is 4.25. The van der Waals surface area contributed by atoms with E-state index in [1.807, 2.05) is 18.2 Å². The van der Waals surface area contributed by atoms with Gasteiger partial charge in [0, 0.05) is 13.1 Å². The number of carbonyl (C=O) groups excluding carboxylic acids is 1. The van der Waals surface area contributed by atoms with Gasteiger partial charge in [-0.15, -0.1) is 0 Å². The van der Waals surface area contributed by atoms with Gasteiger partial charge in [-0.05, 0) is 53.9 Å². The molecular formula is C18H22N2O2. The molecule has 3 rings (SSSR count).